The predicted molar refractivity (Wildman–Crippen MR) is 131 cm³/mol. The van der Waals surface area contributed by atoms with E-state index < -0.39 is 0 Å². The van der Waals surface area contributed by atoms with Crippen LogP contribution in [0.4, 0.5) is 0 Å². The van der Waals surface area contributed by atoms with Crippen LogP contribution < -0.4 is 5.48 Å². The van der Waals surface area contributed by atoms with Crippen LogP contribution >= 0.6 is 21.6 Å². The van der Waals surface area contributed by atoms with E-state index in [1.54, 1.807) is 0 Å². The predicted octanol–water partition coefficient (Wildman–Crippen LogP) is 8.33. The van der Waals surface area contributed by atoms with Gasteiger partial charge in [-0.05, 0) is 25.7 Å². The van der Waals surface area contributed by atoms with Gasteiger partial charge in [-0.2, -0.15) is 0 Å². The Morgan fingerprint density at radius 2 is 1.11 bits per heavy atom. The summed E-state index contributed by atoms with van der Waals surface area (Å²) in [6, 6.07) is 0. The van der Waals surface area contributed by atoms with E-state index in [1.807, 2.05) is 13.8 Å². The fourth-order valence-electron chi connectivity index (χ4n) is 2.51. The molecule has 170 valence electrons. The van der Waals surface area contributed by atoms with Gasteiger partial charge in [-0.25, -0.2) is 5.48 Å². The summed E-state index contributed by atoms with van der Waals surface area (Å²) in [5, 5.41) is 0. The van der Waals surface area contributed by atoms with Crippen LogP contribution in [0.3, 0.4) is 0 Å². The van der Waals surface area contributed by atoms with Crippen molar-refractivity contribution < 1.29 is 9.63 Å². The molecular formula is C23H49NO2S2. The van der Waals surface area contributed by atoms with Crippen LogP contribution in [0.25, 0.3) is 0 Å². The van der Waals surface area contributed by atoms with Crippen molar-refractivity contribution in [1.29, 1.82) is 0 Å². The molecule has 1 N–H and O–H groups in total. The highest BCUT2D eigenvalue weighted by Crippen LogP contribution is 2.24. The summed E-state index contributed by atoms with van der Waals surface area (Å²) in [7, 11) is 4.20. The number of hydrogen-bond acceptors (Lipinski definition) is 4. The fraction of sp³-hybridized carbons (Fsp3) is 0.957. The van der Waals surface area contributed by atoms with Crippen LogP contribution in [-0.2, 0) is 9.63 Å². The average Bonchev–Trinajstić information content (AvgIpc) is 2.69. The molecule has 0 aliphatic heterocycles. The Morgan fingerprint density at radius 3 is 1.54 bits per heavy atom. The van der Waals surface area contributed by atoms with Gasteiger partial charge >= 0.3 is 0 Å². The van der Waals surface area contributed by atoms with E-state index >= 15 is 0 Å². The van der Waals surface area contributed by atoms with Crippen molar-refractivity contribution in [3.05, 3.63) is 0 Å². The Hall–Kier alpha value is 0.130. The summed E-state index contributed by atoms with van der Waals surface area (Å²) >= 11 is 0. The smallest absolute Gasteiger partial charge is 0.243 e. The van der Waals surface area contributed by atoms with Gasteiger partial charge in [0, 0.05) is 17.9 Å². The molecule has 0 aliphatic carbocycles. The van der Waals surface area contributed by atoms with Gasteiger partial charge in [0.05, 0.1) is 6.61 Å². The number of nitrogens with one attached hydrogen (secondary N) is 1. The minimum Gasteiger partial charge on any atom is -0.274 e. The zero-order valence-corrected chi connectivity index (χ0v) is 21.0. The second-order valence-electron chi connectivity index (χ2n) is 7.30. The molecule has 5 heteroatoms. The molecule has 0 atom stereocenters. The Bertz CT molecular complexity index is 276. The Labute approximate surface area is 184 Å². The van der Waals surface area contributed by atoms with Crippen LogP contribution in [-0.4, -0.2) is 24.0 Å². The number of hydrogen-bond donors (Lipinski definition) is 1. The average molecular weight is 436 g/mol. The van der Waals surface area contributed by atoms with Crippen molar-refractivity contribution in [2.24, 2.45) is 0 Å². The molecule has 0 saturated carbocycles. The third-order valence-corrected chi connectivity index (χ3v) is 6.79. The third-order valence-electron chi connectivity index (χ3n) is 4.22. The lowest BCUT2D eigenvalue weighted by atomic mass is 10.1. The molecule has 0 aromatic carbocycles. The molecule has 3 nitrogen and oxygen atoms in total. The van der Waals surface area contributed by atoms with E-state index in [0.29, 0.717) is 13.0 Å². The summed E-state index contributed by atoms with van der Waals surface area (Å²) in [5.74, 6) is 2.70. The number of unbranched alkanes of at least 4 members (excludes halogenated alkanes) is 10. The second kappa shape index (κ2) is 29.3. The summed E-state index contributed by atoms with van der Waals surface area (Å²) in [4.78, 5) is 15.5. The first-order valence-corrected chi connectivity index (χ1v) is 14.4. The summed E-state index contributed by atoms with van der Waals surface area (Å²) in [6.45, 7) is 9.12. The number of carbonyl (C=O) groups is 1. The highest BCUT2D eigenvalue weighted by Gasteiger charge is 1.96. The summed E-state index contributed by atoms with van der Waals surface area (Å²) in [6.07, 6.45) is 19.5. The SMILES string of the molecule is CCCCCCCCSSCCCCCCCC.CCCONC(=O)CCC. The minimum absolute atomic E-state index is 0.0315. The van der Waals surface area contributed by atoms with E-state index in [2.05, 4.69) is 40.9 Å². The standard InChI is InChI=1S/C16H34S2.C7H15NO2/c1-3-5-7-9-11-13-15-17-18-16-14-12-10-8-6-4-2;1-3-5-7(9)8-10-6-4-2/h3-16H2,1-2H3;3-6H2,1-2H3,(H,8,9). The van der Waals surface area contributed by atoms with Gasteiger partial charge in [0.25, 0.3) is 0 Å². The maximum absolute atomic E-state index is 10.7. The van der Waals surface area contributed by atoms with Crippen LogP contribution in [0.2, 0.25) is 0 Å². The number of amides is 1. The van der Waals surface area contributed by atoms with Crippen LogP contribution in [0.15, 0.2) is 0 Å². The van der Waals surface area contributed by atoms with E-state index in [4.69, 9.17) is 4.84 Å². The molecule has 0 unspecified atom stereocenters. The Kier molecular flexibility index (Phi) is 31.8. The van der Waals surface area contributed by atoms with Gasteiger partial charge < -0.3 is 0 Å². The maximum Gasteiger partial charge on any atom is 0.243 e. The quantitative estimate of drug-likeness (QED) is 0.118. The van der Waals surface area contributed by atoms with Gasteiger partial charge in [0.1, 0.15) is 0 Å². The topological polar surface area (TPSA) is 38.3 Å². The number of carbonyl (C=O) groups excluding carboxylic acids is 1. The van der Waals surface area contributed by atoms with Gasteiger partial charge in [0.2, 0.25) is 5.91 Å². The van der Waals surface area contributed by atoms with Crippen molar-refractivity contribution >= 4 is 27.5 Å². The summed E-state index contributed by atoms with van der Waals surface area (Å²) in [5.41, 5.74) is 2.35. The van der Waals surface area contributed by atoms with Crippen molar-refractivity contribution in [3.63, 3.8) is 0 Å². The normalized spacial score (nSPS) is 10.4. The molecule has 0 rings (SSSR count). The lowest BCUT2D eigenvalue weighted by molar-refractivity contribution is -0.133. The molecule has 0 saturated heterocycles. The van der Waals surface area contributed by atoms with Crippen molar-refractivity contribution in [3.8, 4) is 0 Å². The lowest BCUT2D eigenvalue weighted by Gasteiger charge is -2.02. The minimum atomic E-state index is -0.0315. The summed E-state index contributed by atoms with van der Waals surface area (Å²) < 4.78 is 0. The van der Waals surface area contributed by atoms with Gasteiger partial charge in [0.15, 0.2) is 0 Å². The highest BCUT2D eigenvalue weighted by atomic mass is 33.1. The van der Waals surface area contributed by atoms with Gasteiger partial charge in [-0.1, -0.05) is 113 Å². The molecular weight excluding hydrogens is 386 g/mol. The molecule has 0 aliphatic rings. The van der Waals surface area contributed by atoms with Crippen molar-refractivity contribution in [1.82, 2.24) is 5.48 Å². The monoisotopic (exact) mass is 435 g/mol. The van der Waals surface area contributed by atoms with E-state index in [0.717, 1.165) is 12.8 Å². The number of hydroxylamine groups is 1. The molecule has 0 heterocycles. The molecule has 0 radical (unpaired) electrons. The Morgan fingerprint density at radius 1 is 0.643 bits per heavy atom. The van der Waals surface area contributed by atoms with Crippen LogP contribution in [0, 0.1) is 0 Å². The molecule has 28 heavy (non-hydrogen) atoms. The Balaban J connectivity index is 0. The molecule has 0 spiro atoms. The van der Waals surface area contributed by atoms with E-state index in [9.17, 15) is 4.79 Å². The third kappa shape index (κ3) is 30.8. The maximum atomic E-state index is 10.7. The largest absolute Gasteiger partial charge is 0.274 e. The molecule has 0 aromatic rings. The molecule has 0 bridgehead atoms. The number of rotatable bonds is 20. The van der Waals surface area contributed by atoms with Crippen LogP contribution in [0.5, 0.6) is 0 Å². The second-order valence-corrected chi connectivity index (χ2v) is 10.0. The van der Waals surface area contributed by atoms with E-state index in [1.165, 1.54) is 88.6 Å². The van der Waals surface area contributed by atoms with Crippen LogP contribution in [0.1, 0.15) is 124 Å². The van der Waals surface area contributed by atoms with Crippen molar-refractivity contribution in [2.45, 2.75) is 124 Å². The first-order valence-electron chi connectivity index (χ1n) is 11.9. The van der Waals surface area contributed by atoms with Gasteiger partial charge in [-0.3, -0.25) is 9.63 Å². The van der Waals surface area contributed by atoms with Gasteiger partial charge in [-0.15, -0.1) is 0 Å². The van der Waals surface area contributed by atoms with Crippen molar-refractivity contribution in [2.75, 3.05) is 18.1 Å². The fourth-order valence-corrected chi connectivity index (χ4v) is 4.81. The zero-order chi connectivity index (χ0) is 21.1. The zero-order valence-electron chi connectivity index (χ0n) is 19.4. The molecule has 0 fully saturated rings. The lowest BCUT2D eigenvalue weighted by Crippen LogP contribution is -2.23. The first-order chi connectivity index (χ1) is 13.7. The first kappa shape index (κ1) is 30.3. The van der Waals surface area contributed by atoms with E-state index in [-0.39, 0.29) is 5.91 Å². The highest BCUT2D eigenvalue weighted by molar-refractivity contribution is 8.76. The molecule has 1 amide bonds. The molecule has 0 aromatic heterocycles.